The monoisotopic (exact) mass is 181 g/mol. The summed E-state index contributed by atoms with van der Waals surface area (Å²) in [6.45, 7) is 1.85. The fraction of sp³-hybridized carbons (Fsp3) is 0.286. The molecule has 0 aliphatic carbocycles. The minimum absolute atomic E-state index is 0.683. The van der Waals surface area contributed by atoms with Crippen LogP contribution in [0.5, 0.6) is 0 Å². The highest BCUT2D eigenvalue weighted by Crippen LogP contribution is 1.99. The molecule has 1 rings (SSSR count). The molecule has 0 aliphatic heterocycles. The average Bonchev–Trinajstić information content (AvgIpc) is 2.29. The van der Waals surface area contributed by atoms with Gasteiger partial charge in [-0.05, 0) is 6.92 Å². The molecule has 0 aromatic carbocycles. The largest absolute Gasteiger partial charge is 0.350 e. The number of hydrazone groups is 1. The lowest BCUT2D eigenvalue weighted by atomic mass is 10.3. The number of amides is 2. The first-order valence-electron chi connectivity index (χ1n) is 3.68. The van der Waals surface area contributed by atoms with E-state index in [2.05, 4.69) is 15.6 Å². The van der Waals surface area contributed by atoms with Crippen molar-refractivity contribution in [2.45, 2.75) is 6.92 Å². The van der Waals surface area contributed by atoms with Gasteiger partial charge in [-0.2, -0.15) is 10.2 Å². The Labute approximate surface area is 75.4 Å². The van der Waals surface area contributed by atoms with Crippen molar-refractivity contribution in [2.24, 2.45) is 17.9 Å². The van der Waals surface area contributed by atoms with E-state index in [9.17, 15) is 4.79 Å². The van der Waals surface area contributed by atoms with Gasteiger partial charge in [-0.1, -0.05) is 0 Å². The van der Waals surface area contributed by atoms with Gasteiger partial charge in [-0.15, -0.1) is 0 Å². The van der Waals surface area contributed by atoms with E-state index in [1.54, 1.807) is 10.9 Å². The van der Waals surface area contributed by atoms with Crippen LogP contribution < -0.4 is 11.2 Å². The smallest absolute Gasteiger partial charge is 0.332 e. The van der Waals surface area contributed by atoms with Crippen molar-refractivity contribution in [1.29, 1.82) is 0 Å². The molecule has 13 heavy (non-hydrogen) atoms. The van der Waals surface area contributed by atoms with Crippen molar-refractivity contribution in [3.05, 3.63) is 17.5 Å². The first-order valence-corrected chi connectivity index (χ1v) is 3.68. The van der Waals surface area contributed by atoms with Crippen LogP contribution in [0.4, 0.5) is 4.79 Å². The Morgan fingerprint density at radius 2 is 2.54 bits per heavy atom. The summed E-state index contributed by atoms with van der Waals surface area (Å²) < 4.78 is 1.67. The molecule has 70 valence electrons. The van der Waals surface area contributed by atoms with Crippen molar-refractivity contribution in [1.82, 2.24) is 15.2 Å². The van der Waals surface area contributed by atoms with Gasteiger partial charge in [0.2, 0.25) is 0 Å². The van der Waals surface area contributed by atoms with Crippen LogP contribution in [0.25, 0.3) is 0 Å². The fourth-order valence-electron chi connectivity index (χ4n) is 0.910. The minimum atomic E-state index is -0.683. The molecule has 0 aliphatic rings. The summed E-state index contributed by atoms with van der Waals surface area (Å²) in [6, 6.07) is -0.683. The lowest BCUT2D eigenvalue weighted by molar-refractivity contribution is 0.249. The number of carbonyl (C=O) groups excluding carboxylic acids is 1. The van der Waals surface area contributed by atoms with Crippen LogP contribution in [0, 0.1) is 6.92 Å². The highest BCUT2D eigenvalue weighted by atomic mass is 16.2. The molecule has 2 amide bonds. The second-order valence-electron chi connectivity index (χ2n) is 2.58. The fourth-order valence-corrected chi connectivity index (χ4v) is 0.910. The second kappa shape index (κ2) is 3.70. The number of aryl methyl sites for hydroxylation is 2. The Balaban J connectivity index is 2.68. The zero-order chi connectivity index (χ0) is 9.84. The van der Waals surface area contributed by atoms with Gasteiger partial charge < -0.3 is 5.73 Å². The second-order valence-corrected chi connectivity index (χ2v) is 2.58. The molecule has 6 nitrogen and oxygen atoms in total. The van der Waals surface area contributed by atoms with E-state index in [0.717, 1.165) is 11.3 Å². The predicted molar refractivity (Wildman–Crippen MR) is 48.3 cm³/mol. The maximum Gasteiger partial charge on any atom is 0.332 e. The van der Waals surface area contributed by atoms with E-state index in [4.69, 9.17) is 5.73 Å². The molecule has 0 radical (unpaired) electrons. The normalized spacial score (nSPS) is 10.6. The van der Waals surface area contributed by atoms with Crippen LogP contribution in [0.3, 0.4) is 0 Å². The predicted octanol–water partition coefficient (Wildman–Crippen LogP) is -0.269. The molecule has 6 heteroatoms. The Morgan fingerprint density at radius 3 is 3.00 bits per heavy atom. The first kappa shape index (κ1) is 9.24. The number of primary amides is 1. The standard InChI is InChI=1S/C7H11N5O/c1-5-6(4-12(2)11-5)3-9-10-7(8)13/h3-4H,1-2H3,(H3,8,10,13)/b9-3+. The summed E-state index contributed by atoms with van der Waals surface area (Å²) >= 11 is 0. The number of rotatable bonds is 2. The number of hydrogen-bond donors (Lipinski definition) is 2. The highest BCUT2D eigenvalue weighted by molar-refractivity contribution is 5.82. The maximum absolute atomic E-state index is 10.3. The zero-order valence-electron chi connectivity index (χ0n) is 7.48. The van der Waals surface area contributed by atoms with Gasteiger partial charge in [0.25, 0.3) is 0 Å². The van der Waals surface area contributed by atoms with Gasteiger partial charge in [-0.25, -0.2) is 10.2 Å². The number of hydrogen-bond acceptors (Lipinski definition) is 3. The quantitative estimate of drug-likeness (QED) is 0.486. The molecule has 0 fully saturated rings. The maximum atomic E-state index is 10.3. The van der Waals surface area contributed by atoms with E-state index in [1.165, 1.54) is 6.21 Å². The van der Waals surface area contributed by atoms with Crippen LogP contribution in [-0.4, -0.2) is 22.0 Å². The van der Waals surface area contributed by atoms with Crippen LogP contribution in [-0.2, 0) is 7.05 Å². The van der Waals surface area contributed by atoms with Crippen molar-refractivity contribution < 1.29 is 4.79 Å². The molecule has 0 unspecified atom stereocenters. The van der Waals surface area contributed by atoms with Gasteiger partial charge >= 0.3 is 6.03 Å². The third-order valence-corrected chi connectivity index (χ3v) is 1.43. The first-order chi connectivity index (χ1) is 6.09. The molecular formula is C7H11N5O. The summed E-state index contributed by atoms with van der Waals surface area (Å²) in [4.78, 5) is 10.3. The van der Waals surface area contributed by atoms with Crippen molar-refractivity contribution >= 4 is 12.2 Å². The SMILES string of the molecule is Cc1nn(C)cc1/C=N/NC(N)=O. The molecule has 0 bridgehead atoms. The number of nitrogens with two attached hydrogens (primary N) is 1. The Bertz CT molecular complexity index is 341. The molecule has 0 atom stereocenters. The summed E-state index contributed by atoms with van der Waals surface area (Å²) in [5.74, 6) is 0. The number of nitrogens with one attached hydrogen (secondary N) is 1. The topological polar surface area (TPSA) is 85.3 Å². The highest BCUT2D eigenvalue weighted by Gasteiger charge is 1.98. The number of nitrogens with zero attached hydrogens (tertiary/aromatic N) is 3. The Hall–Kier alpha value is -1.85. The third-order valence-electron chi connectivity index (χ3n) is 1.43. The summed E-state index contributed by atoms with van der Waals surface area (Å²) in [6.07, 6.45) is 3.29. The van der Waals surface area contributed by atoms with Crippen molar-refractivity contribution in [3.8, 4) is 0 Å². The van der Waals surface area contributed by atoms with Crippen LogP contribution in [0.2, 0.25) is 0 Å². The zero-order valence-corrected chi connectivity index (χ0v) is 7.48. The van der Waals surface area contributed by atoms with Crippen molar-refractivity contribution in [3.63, 3.8) is 0 Å². The van der Waals surface area contributed by atoms with E-state index in [0.29, 0.717) is 0 Å². The van der Waals surface area contributed by atoms with Gasteiger partial charge in [-0.3, -0.25) is 4.68 Å². The van der Waals surface area contributed by atoms with Crippen LogP contribution in [0.15, 0.2) is 11.3 Å². The van der Waals surface area contributed by atoms with E-state index < -0.39 is 6.03 Å². The number of aromatic nitrogens is 2. The molecule has 0 saturated carbocycles. The lowest BCUT2D eigenvalue weighted by Crippen LogP contribution is -2.24. The van der Waals surface area contributed by atoms with Crippen molar-refractivity contribution in [2.75, 3.05) is 0 Å². The van der Waals surface area contributed by atoms with Gasteiger partial charge in [0.05, 0.1) is 11.9 Å². The van der Waals surface area contributed by atoms with Crippen LogP contribution in [0.1, 0.15) is 11.3 Å². The molecule has 0 spiro atoms. The Morgan fingerprint density at radius 1 is 1.85 bits per heavy atom. The molecule has 1 heterocycles. The van der Waals surface area contributed by atoms with Crippen LogP contribution >= 0.6 is 0 Å². The summed E-state index contributed by atoms with van der Waals surface area (Å²) in [5, 5.41) is 7.70. The molecule has 1 aromatic rings. The van der Waals surface area contributed by atoms with Gasteiger partial charge in [0, 0.05) is 18.8 Å². The lowest BCUT2D eigenvalue weighted by Gasteiger charge is -1.89. The number of carbonyl (C=O) groups is 1. The van der Waals surface area contributed by atoms with E-state index in [-0.39, 0.29) is 0 Å². The van der Waals surface area contributed by atoms with Gasteiger partial charge in [0.1, 0.15) is 0 Å². The number of urea groups is 1. The van der Waals surface area contributed by atoms with E-state index >= 15 is 0 Å². The average molecular weight is 181 g/mol. The minimum Gasteiger partial charge on any atom is -0.350 e. The summed E-state index contributed by atoms with van der Waals surface area (Å²) in [7, 11) is 1.81. The molecule has 0 saturated heterocycles. The summed E-state index contributed by atoms with van der Waals surface area (Å²) in [5.41, 5.74) is 8.61. The Kier molecular flexibility index (Phi) is 2.63. The molecule has 3 N–H and O–H groups in total. The molecule has 1 aromatic heterocycles. The van der Waals surface area contributed by atoms with E-state index in [1.807, 2.05) is 14.0 Å². The third kappa shape index (κ3) is 2.58. The molecular weight excluding hydrogens is 170 g/mol. The van der Waals surface area contributed by atoms with Gasteiger partial charge in [0.15, 0.2) is 0 Å².